The van der Waals surface area contributed by atoms with Crippen LogP contribution in [-0.4, -0.2) is 23.8 Å². The van der Waals surface area contributed by atoms with Crippen LogP contribution in [0.4, 0.5) is 0 Å². The molecule has 0 aromatic heterocycles. The molecule has 0 saturated heterocycles. The van der Waals surface area contributed by atoms with Crippen molar-refractivity contribution in [2.24, 2.45) is 46.3 Å². The first kappa shape index (κ1) is 30.1. The number of ether oxygens (including phenoxy) is 1. The van der Waals surface area contributed by atoms with Crippen molar-refractivity contribution in [1.29, 1.82) is 0 Å². The summed E-state index contributed by atoms with van der Waals surface area (Å²) in [6.45, 7) is 13.6. The van der Waals surface area contributed by atoms with E-state index in [1.54, 1.807) is 5.57 Å². The van der Waals surface area contributed by atoms with Crippen LogP contribution in [0.3, 0.4) is 0 Å². The molecule has 0 aromatic rings. The molecule has 0 aliphatic heterocycles. The maximum Gasteiger partial charge on any atom is 0.303 e. The first-order chi connectivity index (χ1) is 18.1. The molecule has 4 aliphatic carbocycles. The second-order valence-electron chi connectivity index (χ2n) is 14.9. The lowest BCUT2D eigenvalue weighted by Crippen LogP contribution is -2.51. The van der Waals surface area contributed by atoms with Gasteiger partial charge in [0.1, 0.15) is 0 Å². The molecule has 0 radical (unpaired) electrons. The van der Waals surface area contributed by atoms with Crippen LogP contribution in [0.5, 0.6) is 0 Å². The van der Waals surface area contributed by atoms with Crippen molar-refractivity contribution in [2.75, 3.05) is 6.61 Å². The molecule has 0 bridgehead atoms. The highest BCUT2D eigenvalue weighted by Gasteiger charge is 2.59. The monoisotopic (exact) mass is 528 g/mol. The summed E-state index contributed by atoms with van der Waals surface area (Å²) in [6.07, 6.45) is 23.8. The Bertz CT molecular complexity index is 801. The van der Waals surface area contributed by atoms with E-state index in [0.717, 1.165) is 80.6 Å². The zero-order chi connectivity index (χ0) is 27.3. The molecule has 3 saturated carbocycles. The van der Waals surface area contributed by atoms with Crippen LogP contribution >= 0.6 is 0 Å². The van der Waals surface area contributed by atoms with E-state index in [1.807, 2.05) is 0 Å². The van der Waals surface area contributed by atoms with E-state index >= 15 is 0 Å². The van der Waals surface area contributed by atoms with Gasteiger partial charge in [-0.05, 0) is 111 Å². The summed E-state index contributed by atoms with van der Waals surface area (Å²) in [5.41, 5.74) is 2.73. The maximum atomic E-state index is 10.6. The van der Waals surface area contributed by atoms with E-state index in [4.69, 9.17) is 9.84 Å². The van der Waals surface area contributed by atoms with Crippen molar-refractivity contribution in [3.63, 3.8) is 0 Å². The van der Waals surface area contributed by atoms with Crippen LogP contribution in [-0.2, 0) is 9.53 Å². The molecule has 8 atom stereocenters. The van der Waals surface area contributed by atoms with Crippen LogP contribution in [0.2, 0.25) is 0 Å². The van der Waals surface area contributed by atoms with Gasteiger partial charge in [-0.2, -0.15) is 0 Å². The van der Waals surface area contributed by atoms with Crippen LogP contribution in [0.1, 0.15) is 144 Å². The number of hydrogen-bond donors (Lipinski definition) is 1. The van der Waals surface area contributed by atoms with Gasteiger partial charge in [0.15, 0.2) is 0 Å². The van der Waals surface area contributed by atoms with Gasteiger partial charge in [-0.1, -0.05) is 84.8 Å². The molecule has 0 unspecified atom stereocenters. The Morgan fingerprint density at radius 2 is 1.71 bits per heavy atom. The van der Waals surface area contributed by atoms with Crippen molar-refractivity contribution < 1.29 is 14.6 Å². The zero-order valence-corrected chi connectivity index (χ0v) is 25.6. The number of aliphatic carboxylic acids is 1. The van der Waals surface area contributed by atoms with Gasteiger partial charge >= 0.3 is 5.97 Å². The second kappa shape index (κ2) is 13.2. The molecule has 1 N–H and O–H groups in total. The topological polar surface area (TPSA) is 46.5 Å². The third-order valence-corrected chi connectivity index (χ3v) is 12.1. The predicted molar refractivity (Wildman–Crippen MR) is 158 cm³/mol. The van der Waals surface area contributed by atoms with Gasteiger partial charge in [0, 0.05) is 13.0 Å². The molecule has 218 valence electrons. The third-order valence-electron chi connectivity index (χ3n) is 12.1. The van der Waals surface area contributed by atoms with Gasteiger partial charge in [0.25, 0.3) is 0 Å². The number of carbonyl (C=O) groups is 1. The smallest absolute Gasteiger partial charge is 0.303 e. The minimum Gasteiger partial charge on any atom is -0.481 e. The normalized spacial score (nSPS) is 37.3. The molecule has 0 aromatic carbocycles. The lowest BCUT2D eigenvalue weighted by atomic mass is 9.47. The Morgan fingerprint density at radius 3 is 2.47 bits per heavy atom. The van der Waals surface area contributed by atoms with E-state index in [2.05, 4.69) is 40.7 Å². The minimum atomic E-state index is -0.669. The van der Waals surface area contributed by atoms with E-state index < -0.39 is 5.97 Å². The standard InChI is InChI=1S/C35H60O3/c1-25(2)12-11-13-26(3)30-17-18-31-29-16-15-27-24-28(38-23-10-8-6-7-9-14-33(36)37)19-21-34(27,4)32(29)20-22-35(30,31)5/h15,25-26,28-32H,6-14,16-24H2,1-5H3,(H,36,37)/t26-,28+,29+,30-,31+,32+,34+,35-/m1/s1. The first-order valence-corrected chi connectivity index (χ1v) is 16.7. The first-order valence-electron chi connectivity index (χ1n) is 16.7. The van der Waals surface area contributed by atoms with Crippen molar-refractivity contribution in [3.05, 3.63) is 11.6 Å². The molecule has 4 rings (SSSR count). The highest BCUT2D eigenvalue weighted by Crippen LogP contribution is 2.67. The summed E-state index contributed by atoms with van der Waals surface area (Å²) < 4.78 is 6.40. The minimum absolute atomic E-state index is 0.312. The average Bonchev–Trinajstić information content (AvgIpc) is 3.22. The molecule has 4 aliphatic rings. The van der Waals surface area contributed by atoms with E-state index in [9.17, 15) is 4.79 Å². The van der Waals surface area contributed by atoms with E-state index in [-0.39, 0.29) is 0 Å². The molecular weight excluding hydrogens is 468 g/mol. The number of carboxylic acids is 1. The Labute approximate surface area is 235 Å². The summed E-state index contributed by atoms with van der Waals surface area (Å²) in [6, 6.07) is 0. The van der Waals surface area contributed by atoms with Gasteiger partial charge in [0.2, 0.25) is 0 Å². The van der Waals surface area contributed by atoms with Gasteiger partial charge in [-0.15, -0.1) is 0 Å². The maximum absolute atomic E-state index is 10.6. The molecule has 38 heavy (non-hydrogen) atoms. The molecule has 3 heteroatoms. The van der Waals surface area contributed by atoms with Gasteiger partial charge in [-0.25, -0.2) is 0 Å². The number of unbranched alkanes of at least 4 members (excludes halogenated alkanes) is 4. The second-order valence-corrected chi connectivity index (χ2v) is 14.9. The predicted octanol–water partition coefficient (Wildman–Crippen LogP) is 9.84. The Hall–Kier alpha value is -0.830. The van der Waals surface area contributed by atoms with Crippen molar-refractivity contribution in [3.8, 4) is 0 Å². The highest BCUT2D eigenvalue weighted by molar-refractivity contribution is 5.66. The van der Waals surface area contributed by atoms with E-state index in [0.29, 0.717) is 23.4 Å². The summed E-state index contributed by atoms with van der Waals surface area (Å²) in [4.78, 5) is 10.6. The highest BCUT2D eigenvalue weighted by atomic mass is 16.5. The molecule has 0 heterocycles. The lowest BCUT2D eigenvalue weighted by Gasteiger charge is -2.58. The molecule has 0 spiro atoms. The fourth-order valence-corrected chi connectivity index (χ4v) is 9.95. The van der Waals surface area contributed by atoms with Gasteiger partial charge in [-0.3, -0.25) is 4.79 Å². The number of rotatable bonds is 14. The zero-order valence-electron chi connectivity index (χ0n) is 25.6. The molecule has 0 amide bonds. The fourth-order valence-electron chi connectivity index (χ4n) is 9.95. The average molecular weight is 529 g/mol. The number of carboxylic acid groups (broad SMARTS) is 1. The Kier molecular flexibility index (Phi) is 10.5. The SMILES string of the molecule is CC(C)CCC[C@@H](C)[C@H]1CC[C@H]2[C@@H]3CC=C4C[C@@H](OCCCCCCCC(=O)O)CC[C@]4(C)[C@H]3CC[C@]12C. The Morgan fingerprint density at radius 1 is 0.947 bits per heavy atom. The summed E-state index contributed by atoms with van der Waals surface area (Å²) in [5.74, 6) is 4.76. The van der Waals surface area contributed by atoms with Crippen LogP contribution in [0.25, 0.3) is 0 Å². The molecule has 3 nitrogen and oxygen atoms in total. The van der Waals surface area contributed by atoms with Gasteiger partial charge in [0.05, 0.1) is 6.10 Å². The summed E-state index contributed by atoms with van der Waals surface area (Å²) in [5, 5.41) is 8.76. The number of hydrogen-bond acceptors (Lipinski definition) is 2. The largest absolute Gasteiger partial charge is 0.481 e. The van der Waals surface area contributed by atoms with Crippen LogP contribution in [0.15, 0.2) is 11.6 Å². The molecule has 3 fully saturated rings. The quantitative estimate of drug-likeness (QED) is 0.180. The van der Waals surface area contributed by atoms with Crippen molar-refractivity contribution in [1.82, 2.24) is 0 Å². The number of fused-ring (bicyclic) bond motifs is 5. The number of allylic oxidation sites excluding steroid dienone is 1. The van der Waals surface area contributed by atoms with Crippen molar-refractivity contribution in [2.45, 2.75) is 150 Å². The fraction of sp³-hybridized carbons (Fsp3) is 0.914. The van der Waals surface area contributed by atoms with Crippen LogP contribution < -0.4 is 0 Å². The Balaban J connectivity index is 1.27. The lowest BCUT2D eigenvalue weighted by molar-refractivity contribution is -0.137. The van der Waals surface area contributed by atoms with Crippen molar-refractivity contribution >= 4 is 5.97 Å². The summed E-state index contributed by atoms with van der Waals surface area (Å²) in [7, 11) is 0. The molecular formula is C35H60O3. The summed E-state index contributed by atoms with van der Waals surface area (Å²) >= 11 is 0. The third kappa shape index (κ3) is 6.72. The van der Waals surface area contributed by atoms with E-state index in [1.165, 1.54) is 64.2 Å². The van der Waals surface area contributed by atoms with Crippen LogP contribution in [0, 0.1) is 46.3 Å². The van der Waals surface area contributed by atoms with Gasteiger partial charge < -0.3 is 9.84 Å².